The van der Waals surface area contributed by atoms with Crippen molar-refractivity contribution in [3.05, 3.63) is 59.2 Å². The van der Waals surface area contributed by atoms with Gasteiger partial charge in [-0.05, 0) is 55.4 Å². The minimum Gasteiger partial charge on any atom is -0.490 e. The lowest BCUT2D eigenvalue weighted by Crippen LogP contribution is -2.82. The number of hydrazone groups is 1. The molecular weight excluding hydrogens is 322 g/mol. The summed E-state index contributed by atoms with van der Waals surface area (Å²) in [7, 11) is 0. The van der Waals surface area contributed by atoms with Crippen LogP contribution in [0.15, 0.2) is 42.5 Å². The van der Waals surface area contributed by atoms with Crippen LogP contribution in [0.25, 0.3) is 0 Å². The highest BCUT2D eigenvalue weighted by Gasteiger charge is 2.08. The van der Waals surface area contributed by atoms with E-state index in [2.05, 4.69) is 29.6 Å². The van der Waals surface area contributed by atoms with Crippen LogP contribution in [0.5, 0.6) is 11.5 Å². The van der Waals surface area contributed by atoms with Gasteiger partial charge in [0.1, 0.15) is 6.61 Å². The van der Waals surface area contributed by atoms with E-state index in [1.54, 1.807) is 6.21 Å². The molecule has 0 unspecified atom stereocenters. The number of ether oxygens (including phenoxy) is 2. The van der Waals surface area contributed by atoms with Gasteiger partial charge in [-0.25, -0.2) is 0 Å². The van der Waals surface area contributed by atoms with Gasteiger partial charge in [-0.1, -0.05) is 24.3 Å². The number of nitrogens with one attached hydrogen (secondary N) is 2. The lowest BCUT2D eigenvalue weighted by molar-refractivity contribution is -0.499. The molecule has 2 aromatic carbocycles. The quantitative estimate of drug-likeness (QED) is 0.400. The summed E-state index contributed by atoms with van der Waals surface area (Å²) in [5.41, 5.74) is 11.3. The summed E-state index contributed by atoms with van der Waals surface area (Å²) in [5, 5.41) is 2.99. The van der Waals surface area contributed by atoms with E-state index in [1.165, 1.54) is 5.56 Å². The summed E-state index contributed by atoms with van der Waals surface area (Å²) in [6.07, 6.45) is 1.74. The van der Waals surface area contributed by atoms with Crippen molar-refractivity contribution in [1.29, 1.82) is 0 Å². The van der Waals surface area contributed by atoms with Gasteiger partial charge in [-0.2, -0.15) is 0 Å². The van der Waals surface area contributed by atoms with Crippen LogP contribution in [-0.2, 0) is 6.61 Å². The zero-order valence-electron chi connectivity index (χ0n) is 13.8. The van der Waals surface area contributed by atoms with Crippen LogP contribution in [0.2, 0.25) is 0 Å². The van der Waals surface area contributed by atoms with Crippen LogP contribution in [0.1, 0.15) is 23.6 Å². The van der Waals surface area contributed by atoms with Crippen molar-refractivity contribution in [2.45, 2.75) is 20.5 Å². The van der Waals surface area contributed by atoms with E-state index < -0.39 is 0 Å². The highest BCUT2D eigenvalue weighted by Crippen LogP contribution is 2.29. The fraction of sp³-hybridized carbons (Fsp3) is 0.222. The average molecular weight is 344 g/mol. The van der Waals surface area contributed by atoms with Gasteiger partial charge in [0.25, 0.3) is 0 Å². The van der Waals surface area contributed by atoms with E-state index in [1.807, 2.05) is 37.3 Å². The first kappa shape index (κ1) is 17.7. The summed E-state index contributed by atoms with van der Waals surface area (Å²) in [5.74, 6) is 1.40. The molecule has 0 saturated heterocycles. The standard InChI is InChI=1S/C18H21N3O2S/c1-3-22-17-10-14(11-20-21-18(19)24)8-9-16(17)23-12-15-7-5-4-6-13(15)2/h4-11H,3,12H2,1-2H3,(H3,19,21,24)/p+1. The smallest absolute Gasteiger partial charge is 0.221 e. The molecule has 0 radical (unpaired) electrons. The third-order valence-corrected chi connectivity index (χ3v) is 3.45. The Kier molecular flexibility index (Phi) is 6.57. The van der Waals surface area contributed by atoms with Crippen LogP contribution < -0.4 is 25.7 Å². The lowest BCUT2D eigenvalue weighted by atomic mass is 10.1. The van der Waals surface area contributed by atoms with E-state index in [-0.39, 0.29) is 5.11 Å². The Morgan fingerprint density at radius 2 is 2.00 bits per heavy atom. The Hall–Kier alpha value is -2.60. The fourth-order valence-corrected chi connectivity index (χ4v) is 2.18. The zero-order valence-corrected chi connectivity index (χ0v) is 14.7. The van der Waals surface area contributed by atoms with Crippen molar-refractivity contribution in [1.82, 2.24) is 5.43 Å². The number of hydrogen-bond donors (Lipinski definition) is 3. The normalized spacial score (nSPS) is 10.6. The molecule has 126 valence electrons. The molecule has 0 aliphatic heterocycles. The Bertz CT molecular complexity index is 732. The van der Waals surface area contributed by atoms with Gasteiger partial charge < -0.3 is 15.2 Å². The molecule has 0 saturated carbocycles. The van der Waals surface area contributed by atoms with E-state index in [4.69, 9.17) is 27.4 Å². The summed E-state index contributed by atoms with van der Waals surface area (Å²) < 4.78 is 11.6. The highest BCUT2D eigenvalue weighted by atomic mass is 32.1. The molecule has 2 rings (SSSR count). The summed E-state index contributed by atoms with van der Waals surface area (Å²) in [6, 6.07) is 13.9. The van der Waals surface area contributed by atoms with Gasteiger partial charge in [-0.15, -0.1) is 10.5 Å². The number of thiocarbonyl (C=S) groups is 1. The van der Waals surface area contributed by atoms with Crippen molar-refractivity contribution < 1.29 is 14.6 Å². The summed E-state index contributed by atoms with van der Waals surface area (Å²) in [4.78, 5) is 0. The summed E-state index contributed by atoms with van der Waals surface area (Å²) in [6.45, 7) is 5.06. The predicted molar refractivity (Wildman–Crippen MR) is 99.2 cm³/mol. The number of hydrogen-bond acceptors (Lipinski definition) is 3. The van der Waals surface area contributed by atoms with E-state index >= 15 is 0 Å². The molecule has 0 heterocycles. The van der Waals surface area contributed by atoms with Gasteiger partial charge in [0.2, 0.25) is 5.11 Å². The fourth-order valence-electron chi connectivity index (χ4n) is 2.12. The first-order valence-corrected chi connectivity index (χ1v) is 8.09. The Morgan fingerprint density at radius 1 is 1.21 bits per heavy atom. The maximum atomic E-state index is 5.94. The molecule has 2 aromatic rings. The number of benzene rings is 2. The molecule has 0 spiro atoms. The SMILES string of the molecule is CCOc1cc(C=[NH+]NC(N)=S)ccc1OCc1ccccc1C. The van der Waals surface area contributed by atoms with Crippen molar-refractivity contribution >= 4 is 23.5 Å². The monoisotopic (exact) mass is 344 g/mol. The molecule has 4 N–H and O–H groups in total. The number of rotatable bonds is 7. The van der Waals surface area contributed by atoms with E-state index in [9.17, 15) is 0 Å². The van der Waals surface area contributed by atoms with Crippen LogP contribution in [0, 0.1) is 6.92 Å². The number of nitrogens with two attached hydrogens (primary N) is 1. The van der Waals surface area contributed by atoms with Gasteiger partial charge in [0.15, 0.2) is 17.7 Å². The molecule has 0 aliphatic rings. The van der Waals surface area contributed by atoms with Gasteiger partial charge >= 0.3 is 0 Å². The molecular formula is C18H22N3O2S+. The number of aryl methyl sites for hydroxylation is 1. The minimum absolute atomic E-state index is 0.175. The van der Waals surface area contributed by atoms with E-state index in [0.717, 1.165) is 11.1 Å². The first-order valence-electron chi connectivity index (χ1n) is 7.68. The van der Waals surface area contributed by atoms with Crippen LogP contribution in [-0.4, -0.2) is 17.9 Å². The highest BCUT2D eigenvalue weighted by molar-refractivity contribution is 7.80. The minimum atomic E-state index is 0.175. The van der Waals surface area contributed by atoms with Crippen molar-refractivity contribution in [2.24, 2.45) is 5.73 Å². The molecule has 0 amide bonds. The third-order valence-electron chi connectivity index (χ3n) is 3.35. The Labute approximate surface area is 147 Å². The lowest BCUT2D eigenvalue weighted by Gasteiger charge is -2.13. The molecule has 0 bridgehead atoms. The second-order valence-corrected chi connectivity index (χ2v) is 5.57. The van der Waals surface area contributed by atoms with Crippen molar-refractivity contribution in [3.63, 3.8) is 0 Å². The van der Waals surface area contributed by atoms with E-state index in [0.29, 0.717) is 24.7 Å². The Morgan fingerprint density at radius 3 is 2.71 bits per heavy atom. The summed E-state index contributed by atoms with van der Waals surface area (Å²) >= 11 is 4.73. The van der Waals surface area contributed by atoms with Gasteiger partial charge in [0.05, 0.1) is 6.61 Å². The Balaban J connectivity index is 2.12. The second-order valence-electron chi connectivity index (χ2n) is 5.13. The molecule has 0 aliphatic carbocycles. The van der Waals surface area contributed by atoms with Crippen LogP contribution in [0.3, 0.4) is 0 Å². The first-order chi connectivity index (χ1) is 11.6. The maximum absolute atomic E-state index is 5.94. The predicted octanol–water partition coefficient (Wildman–Crippen LogP) is 1.22. The third kappa shape index (κ3) is 5.24. The van der Waals surface area contributed by atoms with Gasteiger partial charge in [-0.3, -0.25) is 0 Å². The topological polar surface area (TPSA) is 70.5 Å². The molecule has 24 heavy (non-hydrogen) atoms. The molecule has 0 atom stereocenters. The molecule has 5 nitrogen and oxygen atoms in total. The largest absolute Gasteiger partial charge is 0.490 e. The molecule has 6 heteroatoms. The van der Waals surface area contributed by atoms with Crippen LogP contribution >= 0.6 is 12.2 Å². The van der Waals surface area contributed by atoms with Crippen molar-refractivity contribution in [3.8, 4) is 11.5 Å². The maximum Gasteiger partial charge on any atom is 0.221 e. The number of hydrazine groups is 1. The average Bonchev–Trinajstić information content (AvgIpc) is 2.55. The zero-order chi connectivity index (χ0) is 17.4. The second kappa shape index (κ2) is 8.88. The van der Waals surface area contributed by atoms with Gasteiger partial charge in [0, 0.05) is 5.56 Å². The van der Waals surface area contributed by atoms with Crippen LogP contribution in [0.4, 0.5) is 0 Å². The van der Waals surface area contributed by atoms with Crippen molar-refractivity contribution in [2.75, 3.05) is 6.61 Å². The molecule has 0 aromatic heterocycles. The molecule has 0 fully saturated rings.